The fraction of sp³-hybridized carbons (Fsp3) is 0.0571. The third-order valence-electron chi connectivity index (χ3n) is 7.60. The van der Waals surface area contributed by atoms with Gasteiger partial charge in [-0.25, -0.2) is 4.98 Å². The molecule has 0 aliphatic heterocycles. The minimum Gasteiger partial charge on any atom is -0.456 e. The molecule has 0 fully saturated rings. The Kier molecular flexibility index (Phi) is 4.92. The van der Waals surface area contributed by atoms with Gasteiger partial charge in [-0.2, -0.15) is 0 Å². The monoisotopic (exact) mass is 504 g/mol. The van der Waals surface area contributed by atoms with Crippen molar-refractivity contribution in [3.05, 3.63) is 138 Å². The van der Waals surface area contributed by atoms with E-state index in [2.05, 4.69) is 83.8 Å². The van der Waals surface area contributed by atoms with Crippen molar-refractivity contribution in [2.24, 2.45) is 5.92 Å². The van der Waals surface area contributed by atoms with Crippen LogP contribution in [0.25, 0.3) is 45.0 Å². The second-order valence-corrected chi connectivity index (χ2v) is 9.98. The Labute approximate surface area is 225 Å². The Morgan fingerprint density at radius 2 is 1.49 bits per heavy atom. The largest absolute Gasteiger partial charge is 0.456 e. The number of aromatic nitrogens is 1. The highest BCUT2D eigenvalue weighted by molar-refractivity contribution is 6.06. The van der Waals surface area contributed by atoms with Crippen molar-refractivity contribution in [1.82, 2.24) is 4.98 Å². The number of furan rings is 1. The molecule has 0 N–H and O–H groups in total. The topological polar surface area (TPSA) is 42.4 Å². The molecule has 6 aromatic rings. The lowest BCUT2D eigenvalue weighted by atomic mass is 9.87. The summed E-state index contributed by atoms with van der Waals surface area (Å²) in [6, 6.07) is 35.2. The molecule has 8 rings (SSSR count). The van der Waals surface area contributed by atoms with Gasteiger partial charge in [-0.05, 0) is 61.0 Å². The van der Waals surface area contributed by atoms with Crippen molar-refractivity contribution < 1.29 is 8.83 Å². The molecule has 0 saturated carbocycles. The minimum absolute atomic E-state index is 0.258. The van der Waals surface area contributed by atoms with E-state index in [0.717, 1.165) is 67.3 Å². The average Bonchev–Trinajstić information content (AvgIpc) is 3.60. The number of oxazole rings is 1. The first-order valence-electron chi connectivity index (χ1n) is 13.2. The minimum atomic E-state index is 0.258. The van der Waals surface area contributed by atoms with Gasteiger partial charge in [0.15, 0.2) is 5.42 Å². The second kappa shape index (κ2) is 8.74. The van der Waals surface area contributed by atoms with Gasteiger partial charge in [-0.15, -0.1) is 0 Å². The molecular formula is C35H24N2O2. The molecular weight excluding hydrogens is 480 g/mol. The van der Waals surface area contributed by atoms with Gasteiger partial charge in [-0.1, -0.05) is 66.7 Å². The van der Waals surface area contributed by atoms with Gasteiger partial charge in [-0.3, -0.25) is 0 Å². The van der Waals surface area contributed by atoms with E-state index in [1.807, 2.05) is 48.5 Å². The van der Waals surface area contributed by atoms with E-state index in [-0.39, 0.29) is 5.92 Å². The molecule has 4 nitrogen and oxygen atoms in total. The predicted molar refractivity (Wildman–Crippen MR) is 157 cm³/mol. The van der Waals surface area contributed by atoms with Crippen molar-refractivity contribution in [2.45, 2.75) is 6.42 Å². The normalized spacial score (nSPS) is 16.1. The summed E-state index contributed by atoms with van der Waals surface area (Å²) in [6.45, 7) is 0. The third kappa shape index (κ3) is 3.64. The fourth-order valence-corrected chi connectivity index (χ4v) is 5.71. The molecule has 2 aliphatic carbocycles. The van der Waals surface area contributed by atoms with Gasteiger partial charge in [0.25, 0.3) is 0 Å². The van der Waals surface area contributed by atoms with Crippen LogP contribution < -0.4 is 15.7 Å². The van der Waals surface area contributed by atoms with E-state index in [1.54, 1.807) is 0 Å². The first-order valence-corrected chi connectivity index (χ1v) is 13.2. The lowest BCUT2D eigenvalue weighted by molar-refractivity contribution is 0.531. The Hall–Kier alpha value is -5.09. The summed E-state index contributed by atoms with van der Waals surface area (Å²) in [5, 5.41) is 3.17. The maximum atomic E-state index is 6.40. The molecule has 2 heterocycles. The summed E-state index contributed by atoms with van der Waals surface area (Å²) in [7, 11) is 0. The summed E-state index contributed by atoms with van der Waals surface area (Å²) in [5.74, 6) is 0.915. The van der Waals surface area contributed by atoms with Crippen LogP contribution in [-0.4, -0.2) is 4.98 Å². The molecule has 4 heteroatoms. The second-order valence-electron chi connectivity index (χ2n) is 9.98. The summed E-state index contributed by atoms with van der Waals surface area (Å²) >= 11 is 0. The Morgan fingerprint density at radius 3 is 2.36 bits per heavy atom. The zero-order chi connectivity index (χ0) is 25.8. The van der Waals surface area contributed by atoms with Crippen molar-refractivity contribution >= 4 is 45.0 Å². The number of anilines is 2. The standard InChI is InChI=1S/C35H24N2O2/c1-3-9-24(10-4-1)35-36-31-20-16-23-15-17-26(21-30(23)34(31)39-35)37(25-11-5-2-6-12-25)27-18-19-29-28-13-7-8-14-32(28)38-33(29)22-27/h1-15,17-23H,16H2. The van der Waals surface area contributed by atoms with Crippen LogP contribution in [0.3, 0.4) is 0 Å². The van der Waals surface area contributed by atoms with Crippen LogP contribution in [0.2, 0.25) is 0 Å². The highest BCUT2D eigenvalue weighted by Crippen LogP contribution is 2.38. The number of rotatable bonds is 4. The Balaban J connectivity index is 1.30. The maximum absolute atomic E-state index is 6.40. The lowest BCUT2D eigenvalue weighted by Crippen LogP contribution is -2.32. The molecule has 2 aromatic heterocycles. The van der Waals surface area contributed by atoms with Crippen molar-refractivity contribution in [2.75, 3.05) is 4.90 Å². The van der Waals surface area contributed by atoms with Crippen molar-refractivity contribution in [3.63, 3.8) is 0 Å². The third-order valence-corrected chi connectivity index (χ3v) is 7.60. The summed E-state index contributed by atoms with van der Waals surface area (Å²) in [6.07, 6.45) is 9.85. The van der Waals surface area contributed by atoms with Crippen LogP contribution in [0.5, 0.6) is 0 Å². The fourth-order valence-electron chi connectivity index (χ4n) is 5.71. The molecule has 0 saturated heterocycles. The molecule has 1 unspecified atom stereocenters. The Bertz CT molecular complexity index is 2050. The highest BCUT2D eigenvalue weighted by Gasteiger charge is 2.24. The molecule has 0 amide bonds. The average molecular weight is 505 g/mol. The van der Waals surface area contributed by atoms with Crippen LogP contribution in [0.4, 0.5) is 11.4 Å². The number of para-hydroxylation sites is 2. The number of fused-ring (bicyclic) bond motifs is 5. The van der Waals surface area contributed by atoms with Crippen LogP contribution in [0.15, 0.2) is 136 Å². The van der Waals surface area contributed by atoms with Crippen molar-refractivity contribution in [3.8, 4) is 11.5 Å². The number of nitrogens with zero attached hydrogens (tertiary/aromatic N) is 2. The van der Waals surface area contributed by atoms with Crippen LogP contribution >= 0.6 is 0 Å². The van der Waals surface area contributed by atoms with Gasteiger partial charge in [0.2, 0.25) is 5.89 Å². The molecule has 186 valence electrons. The molecule has 1 atom stereocenters. The maximum Gasteiger partial charge on any atom is 0.227 e. The van der Waals surface area contributed by atoms with Crippen LogP contribution in [-0.2, 0) is 0 Å². The molecule has 39 heavy (non-hydrogen) atoms. The zero-order valence-corrected chi connectivity index (χ0v) is 21.1. The van der Waals surface area contributed by atoms with E-state index >= 15 is 0 Å². The number of allylic oxidation sites excluding steroid dienone is 3. The van der Waals surface area contributed by atoms with Gasteiger partial charge in [0, 0.05) is 51.0 Å². The van der Waals surface area contributed by atoms with E-state index in [9.17, 15) is 0 Å². The molecule has 0 radical (unpaired) electrons. The van der Waals surface area contributed by atoms with E-state index < -0.39 is 0 Å². The van der Waals surface area contributed by atoms with Crippen LogP contribution in [0, 0.1) is 5.92 Å². The predicted octanol–water partition coefficient (Wildman–Crippen LogP) is 7.48. The Morgan fingerprint density at radius 1 is 0.718 bits per heavy atom. The highest BCUT2D eigenvalue weighted by atomic mass is 16.3. The zero-order valence-electron chi connectivity index (χ0n) is 21.1. The first-order chi connectivity index (χ1) is 19.3. The first kappa shape index (κ1) is 21.9. The molecule has 2 aliphatic rings. The summed E-state index contributed by atoms with van der Waals surface area (Å²) < 4.78 is 12.6. The van der Waals surface area contributed by atoms with E-state index in [0.29, 0.717) is 5.89 Å². The SMILES string of the molecule is C1=CC2CC=c3nc(-c4ccccc4)oc3=C2C=C1N(c1ccccc1)c1ccc2c(c1)oc1ccccc12. The van der Waals surface area contributed by atoms with Crippen molar-refractivity contribution in [1.29, 1.82) is 0 Å². The van der Waals surface area contributed by atoms with Gasteiger partial charge < -0.3 is 13.7 Å². The van der Waals surface area contributed by atoms with Crippen LogP contribution in [0.1, 0.15) is 6.42 Å². The van der Waals surface area contributed by atoms with Gasteiger partial charge >= 0.3 is 0 Å². The van der Waals surface area contributed by atoms with Gasteiger partial charge in [0.05, 0.1) is 0 Å². The lowest BCUT2D eigenvalue weighted by Gasteiger charge is -2.29. The number of hydrogen-bond acceptors (Lipinski definition) is 4. The summed E-state index contributed by atoms with van der Waals surface area (Å²) in [4.78, 5) is 7.11. The molecule has 0 spiro atoms. The van der Waals surface area contributed by atoms with E-state index in [1.165, 1.54) is 0 Å². The molecule has 4 aromatic carbocycles. The molecule has 0 bridgehead atoms. The quantitative estimate of drug-likeness (QED) is 0.250. The smallest absolute Gasteiger partial charge is 0.227 e. The summed E-state index contributed by atoms with van der Waals surface area (Å²) in [5.41, 5.74) is 7.94. The van der Waals surface area contributed by atoms with E-state index in [4.69, 9.17) is 13.8 Å². The number of benzene rings is 4. The van der Waals surface area contributed by atoms with Gasteiger partial charge in [0.1, 0.15) is 16.5 Å². The number of hydrogen-bond donors (Lipinski definition) is 0.